The molecule has 0 atom stereocenters. The summed E-state index contributed by atoms with van der Waals surface area (Å²) in [6.07, 6.45) is 2.44. The molecule has 2 rings (SSSR count). The van der Waals surface area contributed by atoms with E-state index in [2.05, 4.69) is 20.9 Å². The van der Waals surface area contributed by atoms with Crippen LogP contribution in [0.4, 0.5) is 5.69 Å². The SMILES string of the molecule is O=C(CCCBr)Oc1ccc([N+](=O)[O-])c2cccnc12. The van der Waals surface area contributed by atoms with Gasteiger partial charge in [-0.2, -0.15) is 0 Å². The molecule has 0 N–H and O–H groups in total. The lowest BCUT2D eigenvalue weighted by atomic mass is 10.1. The number of hydrogen-bond acceptors (Lipinski definition) is 5. The number of carbonyl (C=O) groups excluding carboxylic acids is 1. The average molecular weight is 339 g/mol. The summed E-state index contributed by atoms with van der Waals surface area (Å²) in [7, 11) is 0. The van der Waals surface area contributed by atoms with Crippen molar-refractivity contribution in [2.75, 3.05) is 5.33 Å². The Kier molecular flexibility index (Phi) is 4.62. The lowest BCUT2D eigenvalue weighted by molar-refractivity contribution is -0.383. The van der Waals surface area contributed by atoms with Crippen molar-refractivity contribution < 1.29 is 14.5 Å². The van der Waals surface area contributed by atoms with Gasteiger partial charge < -0.3 is 4.74 Å². The minimum absolute atomic E-state index is 0.0617. The molecule has 0 aliphatic rings. The van der Waals surface area contributed by atoms with Crippen LogP contribution in [0.1, 0.15) is 12.8 Å². The maximum absolute atomic E-state index is 11.6. The van der Waals surface area contributed by atoms with E-state index in [-0.39, 0.29) is 23.8 Å². The maximum Gasteiger partial charge on any atom is 0.311 e. The number of ether oxygens (including phenoxy) is 1. The summed E-state index contributed by atoms with van der Waals surface area (Å²) in [5.41, 5.74) is 0.252. The van der Waals surface area contributed by atoms with E-state index in [1.807, 2.05) is 0 Å². The number of hydrogen-bond donors (Lipinski definition) is 0. The van der Waals surface area contributed by atoms with Gasteiger partial charge in [-0.25, -0.2) is 0 Å². The Morgan fingerprint density at radius 3 is 2.90 bits per heavy atom. The molecule has 104 valence electrons. The van der Waals surface area contributed by atoms with Gasteiger partial charge >= 0.3 is 5.97 Å². The number of esters is 1. The average Bonchev–Trinajstić information content (AvgIpc) is 2.45. The first-order chi connectivity index (χ1) is 9.63. The molecule has 0 spiro atoms. The van der Waals surface area contributed by atoms with Crippen molar-refractivity contribution in [1.82, 2.24) is 4.98 Å². The van der Waals surface area contributed by atoms with Crippen LogP contribution in [0, 0.1) is 10.1 Å². The van der Waals surface area contributed by atoms with Crippen LogP contribution in [0.25, 0.3) is 10.9 Å². The molecule has 20 heavy (non-hydrogen) atoms. The fraction of sp³-hybridized carbons (Fsp3) is 0.231. The summed E-state index contributed by atoms with van der Waals surface area (Å²) in [6, 6.07) is 5.90. The number of pyridine rings is 1. The van der Waals surface area contributed by atoms with Crippen molar-refractivity contribution in [3.05, 3.63) is 40.6 Å². The number of fused-ring (bicyclic) bond motifs is 1. The zero-order chi connectivity index (χ0) is 14.5. The normalized spacial score (nSPS) is 10.4. The second-order valence-corrected chi connectivity index (χ2v) is 4.80. The Labute approximate surface area is 123 Å². The lowest BCUT2D eigenvalue weighted by Crippen LogP contribution is -2.08. The Morgan fingerprint density at radius 1 is 1.40 bits per heavy atom. The minimum atomic E-state index is -0.486. The fourth-order valence-corrected chi connectivity index (χ4v) is 2.04. The Bertz CT molecular complexity index is 660. The monoisotopic (exact) mass is 338 g/mol. The summed E-state index contributed by atoms with van der Waals surface area (Å²) in [4.78, 5) is 26.2. The third-order valence-electron chi connectivity index (χ3n) is 2.64. The number of nitro groups is 1. The molecule has 1 aromatic heterocycles. The quantitative estimate of drug-likeness (QED) is 0.275. The highest BCUT2D eigenvalue weighted by atomic mass is 79.9. The molecule has 0 bridgehead atoms. The van der Waals surface area contributed by atoms with E-state index < -0.39 is 4.92 Å². The number of nitrogens with zero attached hydrogens (tertiary/aromatic N) is 2. The number of aromatic nitrogens is 1. The van der Waals surface area contributed by atoms with Gasteiger partial charge in [0.05, 0.1) is 10.3 Å². The topological polar surface area (TPSA) is 82.3 Å². The van der Waals surface area contributed by atoms with Crippen molar-refractivity contribution in [2.24, 2.45) is 0 Å². The van der Waals surface area contributed by atoms with Crippen LogP contribution in [0.5, 0.6) is 5.75 Å². The van der Waals surface area contributed by atoms with Gasteiger partial charge in [-0.1, -0.05) is 15.9 Å². The van der Waals surface area contributed by atoms with Gasteiger partial charge in [0.25, 0.3) is 5.69 Å². The van der Waals surface area contributed by atoms with Crippen molar-refractivity contribution >= 4 is 38.5 Å². The number of non-ortho nitro benzene ring substituents is 1. The second-order valence-electron chi connectivity index (χ2n) is 4.01. The number of halogens is 1. The van der Waals surface area contributed by atoms with E-state index in [0.717, 1.165) is 0 Å². The zero-order valence-electron chi connectivity index (χ0n) is 10.4. The predicted octanol–water partition coefficient (Wildman–Crippen LogP) is 3.22. The molecule has 2 aromatic rings. The van der Waals surface area contributed by atoms with Gasteiger partial charge in [-0.3, -0.25) is 19.9 Å². The first-order valence-electron chi connectivity index (χ1n) is 5.92. The van der Waals surface area contributed by atoms with Crippen molar-refractivity contribution in [3.8, 4) is 5.75 Å². The van der Waals surface area contributed by atoms with Crippen LogP contribution in [-0.2, 0) is 4.79 Å². The molecule has 0 amide bonds. The third kappa shape index (κ3) is 3.11. The number of benzene rings is 1. The van der Waals surface area contributed by atoms with Gasteiger partial charge in [0.1, 0.15) is 5.52 Å². The first kappa shape index (κ1) is 14.4. The summed E-state index contributed by atoms with van der Waals surface area (Å²) in [5.74, 6) is -0.143. The van der Waals surface area contributed by atoms with Crippen molar-refractivity contribution in [3.63, 3.8) is 0 Å². The van der Waals surface area contributed by atoms with E-state index in [9.17, 15) is 14.9 Å². The fourth-order valence-electron chi connectivity index (χ4n) is 1.76. The zero-order valence-corrected chi connectivity index (χ0v) is 12.0. The Balaban J connectivity index is 2.38. The number of rotatable bonds is 5. The van der Waals surface area contributed by atoms with E-state index in [1.165, 1.54) is 18.3 Å². The molecule has 0 radical (unpaired) electrons. The van der Waals surface area contributed by atoms with Gasteiger partial charge in [0.2, 0.25) is 0 Å². The van der Waals surface area contributed by atoms with Gasteiger partial charge in [0, 0.05) is 24.0 Å². The van der Waals surface area contributed by atoms with Crippen LogP contribution < -0.4 is 4.74 Å². The molecular formula is C13H11BrN2O4. The third-order valence-corrected chi connectivity index (χ3v) is 3.21. The van der Waals surface area contributed by atoms with Crippen LogP contribution in [0.3, 0.4) is 0 Å². The highest BCUT2D eigenvalue weighted by Crippen LogP contribution is 2.31. The first-order valence-corrected chi connectivity index (χ1v) is 7.04. The van der Waals surface area contributed by atoms with Gasteiger partial charge in [-0.15, -0.1) is 0 Å². The second kappa shape index (κ2) is 6.42. The van der Waals surface area contributed by atoms with Gasteiger partial charge in [0.15, 0.2) is 5.75 Å². The van der Waals surface area contributed by atoms with E-state index >= 15 is 0 Å². The number of carbonyl (C=O) groups is 1. The highest BCUT2D eigenvalue weighted by molar-refractivity contribution is 9.09. The smallest absolute Gasteiger partial charge is 0.311 e. The van der Waals surface area contributed by atoms with Crippen molar-refractivity contribution in [2.45, 2.75) is 12.8 Å². The summed E-state index contributed by atoms with van der Waals surface area (Å²) < 4.78 is 5.22. The molecule has 6 nitrogen and oxygen atoms in total. The Hall–Kier alpha value is -2.02. The molecule has 0 aliphatic heterocycles. The predicted molar refractivity (Wildman–Crippen MR) is 77.1 cm³/mol. The molecule has 1 heterocycles. The maximum atomic E-state index is 11.6. The molecular weight excluding hydrogens is 328 g/mol. The molecule has 0 saturated heterocycles. The van der Waals surface area contributed by atoms with E-state index in [0.29, 0.717) is 22.7 Å². The van der Waals surface area contributed by atoms with E-state index in [1.54, 1.807) is 12.1 Å². The van der Waals surface area contributed by atoms with Crippen LogP contribution in [-0.4, -0.2) is 21.2 Å². The van der Waals surface area contributed by atoms with Crippen LogP contribution in [0.2, 0.25) is 0 Å². The largest absolute Gasteiger partial charge is 0.424 e. The van der Waals surface area contributed by atoms with Gasteiger partial charge in [-0.05, 0) is 24.6 Å². The van der Waals surface area contributed by atoms with E-state index in [4.69, 9.17) is 4.74 Å². The lowest BCUT2D eigenvalue weighted by Gasteiger charge is -2.07. The minimum Gasteiger partial charge on any atom is -0.424 e. The highest BCUT2D eigenvalue weighted by Gasteiger charge is 2.17. The molecule has 1 aromatic carbocycles. The molecule has 0 saturated carbocycles. The summed E-state index contributed by atoms with van der Waals surface area (Å²) in [6.45, 7) is 0. The molecule has 0 fully saturated rings. The standard InChI is InChI=1S/C13H11BrN2O4/c14-7-1-4-12(17)20-11-6-5-10(16(18)19)9-3-2-8-15-13(9)11/h2-3,5-6,8H,1,4,7H2. The molecule has 0 aliphatic carbocycles. The molecule has 0 unspecified atom stereocenters. The summed E-state index contributed by atoms with van der Waals surface area (Å²) in [5, 5.41) is 12.0. The number of nitro benzene ring substituents is 1. The van der Waals surface area contributed by atoms with Crippen LogP contribution in [0.15, 0.2) is 30.5 Å². The summed E-state index contributed by atoms with van der Waals surface area (Å²) >= 11 is 3.23. The van der Waals surface area contributed by atoms with Crippen LogP contribution >= 0.6 is 15.9 Å². The van der Waals surface area contributed by atoms with Crippen molar-refractivity contribution in [1.29, 1.82) is 0 Å². The number of alkyl halides is 1. The Morgan fingerprint density at radius 2 is 2.20 bits per heavy atom. The molecule has 7 heteroatoms.